The van der Waals surface area contributed by atoms with E-state index in [2.05, 4.69) is 68.5 Å². The lowest BCUT2D eigenvalue weighted by molar-refractivity contribution is -0.145. The normalized spacial score (nSPS) is 17.4. The van der Waals surface area contributed by atoms with Crippen molar-refractivity contribution in [3.63, 3.8) is 0 Å². The van der Waals surface area contributed by atoms with Crippen LogP contribution in [0.15, 0.2) is 35.5 Å². The second-order valence-electron chi connectivity index (χ2n) is 28.3. The highest BCUT2D eigenvalue weighted by Gasteiger charge is 2.44. The molecule has 2 aliphatic heterocycles. The van der Waals surface area contributed by atoms with Crippen molar-refractivity contribution >= 4 is 123 Å². The third kappa shape index (κ3) is 28.7. The zero-order valence-electron chi connectivity index (χ0n) is 63.5. The highest BCUT2D eigenvalue weighted by atomic mass is 32.2. The summed E-state index contributed by atoms with van der Waals surface area (Å²) in [5, 5.41) is 68.3. The smallest absolute Gasteiger partial charge is 0.326 e. The molecule has 13 amide bonds. The lowest BCUT2D eigenvalue weighted by Gasteiger charge is -2.32. The van der Waals surface area contributed by atoms with Gasteiger partial charge < -0.3 is 117 Å². The van der Waals surface area contributed by atoms with Crippen molar-refractivity contribution in [2.45, 2.75) is 224 Å². The molecule has 2 saturated heterocycles. The number of aliphatic hydroxyl groups is 1. The molecular weight excluding hydrogens is 1460 g/mol. The molecule has 1 aromatic heterocycles. The monoisotopic (exact) mass is 1570 g/mol. The number of para-hydroxylation sites is 1. The van der Waals surface area contributed by atoms with Crippen molar-refractivity contribution in [1.29, 1.82) is 0 Å². The molecule has 0 saturated carbocycles. The third-order valence-electron chi connectivity index (χ3n) is 18.4. The summed E-state index contributed by atoms with van der Waals surface area (Å²) in [6.45, 7) is 11.3. The van der Waals surface area contributed by atoms with Crippen molar-refractivity contribution in [3.8, 4) is 0 Å². The Labute approximate surface area is 641 Å². The molecule has 110 heavy (non-hydrogen) atoms. The highest BCUT2D eigenvalue weighted by Crippen LogP contribution is 2.24. The number of aliphatic carboxylic acids is 3. The molecular formula is C70H111N19O20S. The number of H-pyrrole nitrogens is 1. The molecule has 24 N–H and O–H groups in total. The van der Waals surface area contributed by atoms with Gasteiger partial charge in [0.1, 0.15) is 72.5 Å². The number of hydrogen-bond acceptors (Lipinski definition) is 21. The quantitative estimate of drug-likeness (QED) is 0.0168. The van der Waals surface area contributed by atoms with E-state index in [1.807, 2.05) is 0 Å². The molecule has 612 valence electrons. The van der Waals surface area contributed by atoms with Crippen LogP contribution in [0.2, 0.25) is 0 Å². The van der Waals surface area contributed by atoms with Gasteiger partial charge in [-0.2, -0.15) is 11.8 Å². The van der Waals surface area contributed by atoms with E-state index in [0.29, 0.717) is 35.1 Å². The SMILES string of the molecule is CSCC[C@H](NC(=O)[C@@H](NC(=O)[C@H](CCCN=C(N)N)NC(=O)[C@H](CC(=O)O)NC(=O)CNC(=O)[C@@H]1CCCN1C(=O)[C@H](CCCCN)NC(=O)[C@H](Cc1c[nH]c2ccccc12)NC(=O)[C@H](CC(=O)O)NC(=O)[C@@H](NC(=O)[C@@H]1CCCN1C(=O)[C@@H](NC(=O)[C@H](C)N)[C@@H](C)O)C(C)C)C(C)C)C(=O)N[C@H](C(=O)O)C(C)C. The number of aromatic amines is 1. The molecule has 0 radical (unpaired) electrons. The zero-order valence-corrected chi connectivity index (χ0v) is 64.3. The summed E-state index contributed by atoms with van der Waals surface area (Å²) in [6, 6.07) is -11.9. The van der Waals surface area contributed by atoms with Crippen LogP contribution in [0.25, 0.3) is 10.9 Å². The molecule has 0 aliphatic carbocycles. The van der Waals surface area contributed by atoms with Crippen LogP contribution in [0.1, 0.15) is 138 Å². The number of hydrogen-bond donors (Lipinski definition) is 20. The fourth-order valence-corrected chi connectivity index (χ4v) is 12.9. The minimum atomic E-state index is -1.92. The van der Waals surface area contributed by atoms with Gasteiger partial charge in [0.05, 0.1) is 31.5 Å². The summed E-state index contributed by atoms with van der Waals surface area (Å²) in [4.78, 5) is 228. The number of carbonyl (C=O) groups is 16. The van der Waals surface area contributed by atoms with E-state index in [4.69, 9.17) is 22.9 Å². The third-order valence-corrected chi connectivity index (χ3v) is 19.1. The number of guanidine groups is 1. The van der Waals surface area contributed by atoms with Crippen molar-refractivity contribution in [1.82, 2.24) is 73.3 Å². The van der Waals surface area contributed by atoms with Gasteiger partial charge in [-0.15, -0.1) is 0 Å². The van der Waals surface area contributed by atoms with Crippen LogP contribution >= 0.6 is 11.8 Å². The van der Waals surface area contributed by atoms with E-state index >= 15 is 0 Å². The second-order valence-corrected chi connectivity index (χ2v) is 29.3. The largest absolute Gasteiger partial charge is 0.481 e. The lowest BCUT2D eigenvalue weighted by atomic mass is 10.0. The highest BCUT2D eigenvalue weighted by molar-refractivity contribution is 7.98. The Kier molecular flexibility index (Phi) is 37.8. The summed E-state index contributed by atoms with van der Waals surface area (Å²) in [6.07, 6.45) is 0.612. The number of nitrogens with two attached hydrogens (primary N) is 4. The van der Waals surface area contributed by atoms with Crippen LogP contribution in [0.4, 0.5) is 0 Å². The first kappa shape index (κ1) is 92.2. The molecule has 0 unspecified atom stereocenters. The number of amides is 13. The molecule has 1 aromatic carbocycles. The number of unbranched alkanes of at least 4 members (excludes halogenated alkanes) is 1. The molecule has 0 spiro atoms. The van der Waals surface area contributed by atoms with E-state index in [9.17, 15) is 97.1 Å². The summed E-state index contributed by atoms with van der Waals surface area (Å²) >= 11 is 1.35. The predicted molar refractivity (Wildman–Crippen MR) is 402 cm³/mol. The maximum absolute atomic E-state index is 14.9. The second kappa shape index (κ2) is 45.1. The first-order valence-corrected chi connectivity index (χ1v) is 38.0. The maximum atomic E-state index is 14.9. The Bertz CT molecular complexity index is 3610. The van der Waals surface area contributed by atoms with Crippen LogP contribution in [0, 0.1) is 17.8 Å². The molecule has 14 atom stereocenters. The fourth-order valence-electron chi connectivity index (χ4n) is 12.4. The first-order chi connectivity index (χ1) is 51.8. The average molecular weight is 1570 g/mol. The van der Waals surface area contributed by atoms with E-state index in [1.165, 1.54) is 30.5 Å². The van der Waals surface area contributed by atoms with Crippen molar-refractivity contribution < 1.29 is 97.1 Å². The number of carboxylic acid groups (broad SMARTS) is 3. The zero-order chi connectivity index (χ0) is 82.4. The number of likely N-dealkylation sites (tertiary alicyclic amines) is 2. The number of carboxylic acids is 3. The summed E-state index contributed by atoms with van der Waals surface area (Å²) in [5.74, 6) is -18.4. The number of nitrogens with one attached hydrogen (secondary N) is 12. The Morgan fingerprint density at radius 1 is 0.545 bits per heavy atom. The van der Waals surface area contributed by atoms with Gasteiger partial charge in [-0.25, -0.2) is 4.79 Å². The van der Waals surface area contributed by atoms with Crippen LogP contribution in [0.3, 0.4) is 0 Å². The van der Waals surface area contributed by atoms with Crippen molar-refractivity contribution in [3.05, 3.63) is 36.0 Å². The van der Waals surface area contributed by atoms with Crippen LogP contribution in [0.5, 0.6) is 0 Å². The van der Waals surface area contributed by atoms with Gasteiger partial charge in [0.15, 0.2) is 5.96 Å². The van der Waals surface area contributed by atoms with Gasteiger partial charge in [-0.05, 0) is 126 Å². The minimum Gasteiger partial charge on any atom is -0.481 e. The molecule has 2 fully saturated rings. The molecule has 2 aliphatic rings. The number of fused-ring (bicyclic) bond motifs is 1. The van der Waals surface area contributed by atoms with Gasteiger partial charge in [0.2, 0.25) is 76.8 Å². The summed E-state index contributed by atoms with van der Waals surface area (Å²) in [5.41, 5.74) is 23.6. The number of aromatic nitrogens is 1. The Morgan fingerprint density at radius 3 is 1.55 bits per heavy atom. The van der Waals surface area contributed by atoms with Crippen molar-refractivity contribution in [2.24, 2.45) is 45.7 Å². The fraction of sp³-hybridized carbons (Fsp3) is 0.643. The number of carbonyl (C=O) groups excluding carboxylic acids is 13. The van der Waals surface area contributed by atoms with Gasteiger partial charge in [0, 0.05) is 43.2 Å². The van der Waals surface area contributed by atoms with E-state index in [0.717, 1.165) is 4.90 Å². The van der Waals surface area contributed by atoms with Crippen molar-refractivity contribution in [2.75, 3.05) is 44.7 Å². The predicted octanol–water partition coefficient (Wildman–Crippen LogP) is -4.68. The molecule has 40 heteroatoms. The molecule has 4 rings (SSSR count). The lowest BCUT2D eigenvalue weighted by Crippen LogP contribution is -2.61. The van der Waals surface area contributed by atoms with E-state index in [1.54, 1.807) is 78.3 Å². The van der Waals surface area contributed by atoms with E-state index < -0.39 is 216 Å². The Hall–Kier alpha value is -10.2. The van der Waals surface area contributed by atoms with Gasteiger partial charge in [0.25, 0.3) is 0 Å². The van der Waals surface area contributed by atoms with Crippen LogP contribution in [-0.2, 0) is 83.1 Å². The maximum Gasteiger partial charge on any atom is 0.326 e. The first-order valence-electron chi connectivity index (χ1n) is 36.6. The van der Waals surface area contributed by atoms with Gasteiger partial charge in [-0.1, -0.05) is 59.7 Å². The number of rotatable bonds is 46. The number of nitrogens with zero attached hydrogens (tertiary/aromatic N) is 3. The number of aliphatic imine (C=N–C) groups is 1. The summed E-state index contributed by atoms with van der Waals surface area (Å²) < 4.78 is 0. The topological polar surface area (TPSA) is 625 Å². The molecule has 3 heterocycles. The number of thioether (sulfide) groups is 1. The molecule has 0 bridgehead atoms. The Morgan fingerprint density at radius 2 is 1.02 bits per heavy atom. The van der Waals surface area contributed by atoms with Gasteiger partial charge >= 0.3 is 17.9 Å². The molecule has 39 nitrogen and oxygen atoms in total. The number of benzene rings is 1. The minimum absolute atomic E-state index is 0.0242. The summed E-state index contributed by atoms with van der Waals surface area (Å²) in [7, 11) is 0. The number of aliphatic hydroxyl groups excluding tert-OH is 1. The van der Waals surface area contributed by atoms with E-state index in [-0.39, 0.29) is 89.9 Å². The Balaban J connectivity index is 1.56. The van der Waals surface area contributed by atoms with Gasteiger partial charge in [-0.3, -0.25) is 76.9 Å². The molecule has 2 aromatic rings. The standard InChI is InChI=1S/C70H111N19O20S/c1-34(2)53(65(104)80-43(23-28-110-9)59(98)86-55(36(5)6)69(108)109)84-58(97)42(20-14-25-75-70(73)74)79-61(100)46(30-51(92)93)78-50(91)33-77-63(102)48-21-15-26-88(48)67(106)44(19-12-13-24-71)81-60(99)45(29-39-32-76-41-18-11-10-17-40(39)41)82-62(101)47(31-52(94)95)83-66(105)54(35(3)4)85-64(103)49-22-16-27-89(49)68(107)56(38(8)90)87-57(96)37(7)72/h10-11,17-18,32,34-38,42-49,53-56,76,90H,12-16,19-31,33,71-72H2,1-9H3,(H,77,102)(H,78,91)(H,79,100)(H,80,104)(H,81,99)(H,82,101)(H,83,105)(H,84,97)(H,85,103)(H,86,98)(H,87,96)(H,92,93)(H,94,95)(H,108,109)(H4,73,74,75)/t37-,38+,42-,43-,44-,45-,46-,47-,48-,49-,53-,54-,55-,56-/m0/s1. The van der Waals surface area contributed by atoms with Crippen LogP contribution < -0.4 is 81.4 Å². The van der Waals surface area contributed by atoms with Crippen LogP contribution in [-0.4, -0.2) is 265 Å². The average Bonchev–Trinajstić information content (AvgIpc) is 1.63.